The third kappa shape index (κ3) is 4.23. The molecule has 0 saturated carbocycles. The SMILES string of the molecule is CSC(=CC(=S)c1ccccc1)Nc1ccccc1. The molecule has 0 bridgehead atoms. The minimum absolute atomic E-state index is 0.841. The molecule has 0 unspecified atom stereocenters. The molecule has 3 heteroatoms. The number of nitrogens with one attached hydrogen (secondary N) is 1. The number of anilines is 1. The Morgan fingerprint density at radius 1 is 1.00 bits per heavy atom. The van der Waals surface area contributed by atoms with Crippen LogP contribution >= 0.6 is 24.0 Å². The Kier molecular flexibility index (Phi) is 5.19. The van der Waals surface area contributed by atoms with Crippen LogP contribution in [-0.2, 0) is 0 Å². The van der Waals surface area contributed by atoms with E-state index in [1.807, 2.05) is 73.0 Å². The highest BCUT2D eigenvalue weighted by molar-refractivity contribution is 8.02. The minimum atomic E-state index is 0.841. The van der Waals surface area contributed by atoms with Crippen LogP contribution in [0.3, 0.4) is 0 Å². The largest absolute Gasteiger partial charge is 0.350 e. The van der Waals surface area contributed by atoms with Crippen molar-refractivity contribution in [3.8, 4) is 0 Å². The van der Waals surface area contributed by atoms with Gasteiger partial charge >= 0.3 is 0 Å². The van der Waals surface area contributed by atoms with Crippen LogP contribution in [0.1, 0.15) is 5.56 Å². The van der Waals surface area contributed by atoms with E-state index in [1.54, 1.807) is 11.8 Å². The average molecular weight is 285 g/mol. The van der Waals surface area contributed by atoms with Crippen molar-refractivity contribution in [2.45, 2.75) is 0 Å². The quantitative estimate of drug-likeness (QED) is 0.485. The van der Waals surface area contributed by atoms with E-state index in [1.165, 1.54) is 0 Å². The summed E-state index contributed by atoms with van der Waals surface area (Å²) in [6, 6.07) is 20.1. The Bertz CT molecular complexity index is 562. The van der Waals surface area contributed by atoms with Gasteiger partial charge in [0.15, 0.2) is 0 Å². The van der Waals surface area contributed by atoms with Gasteiger partial charge in [-0.25, -0.2) is 0 Å². The molecule has 0 aliphatic rings. The third-order valence-corrected chi connectivity index (χ3v) is 3.60. The molecule has 19 heavy (non-hydrogen) atoms. The Morgan fingerprint density at radius 2 is 1.58 bits per heavy atom. The van der Waals surface area contributed by atoms with Gasteiger partial charge in [-0.05, 0) is 30.0 Å². The maximum atomic E-state index is 5.45. The second-order valence-electron chi connectivity index (χ2n) is 3.93. The summed E-state index contributed by atoms with van der Waals surface area (Å²) < 4.78 is 0. The van der Waals surface area contributed by atoms with Crippen LogP contribution in [-0.4, -0.2) is 11.1 Å². The first-order valence-corrected chi connectivity index (χ1v) is 7.60. The lowest BCUT2D eigenvalue weighted by atomic mass is 10.1. The second kappa shape index (κ2) is 7.12. The molecule has 0 fully saturated rings. The molecule has 2 aromatic rings. The van der Waals surface area contributed by atoms with E-state index in [-0.39, 0.29) is 0 Å². The number of rotatable bonds is 5. The van der Waals surface area contributed by atoms with Crippen LogP contribution < -0.4 is 5.32 Å². The summed E-state index contributed by atoms with van der Waals surface area (Å²) >= 11 is 7.10. The molecule has 0 saturated heterocycles. The van der Waals surface area contributed by atoms with E-state index in [2.05, 4.69) is 5.32 Å². The molecular weight excluding hydrogens is 270 g/mol. The molecule has 1 nitrogen and oxygen atoms in total. The van der Waals surface area contributed by atoms with Gasteiger partial charge in [0.25, 0.3) is 0 Å². The summed E-state index contributed by atoms with van der Waals surface area (Å²) in [6.07, 6.45) is 4.04. The normalized spacial score (nSPS) is 11.1. The summed E-state index contributed by atoms with van der Waals surface area (Å²) in [5.74, 6) is 0. The van der Waals surface area contributed by atoms with Gasteiger partial charge in [-0.3, -0.25) is 0 Å². The van der Waals surface area contributed by atoms with Crippen molar-refractivity contribution in [1.29, 1.82) is 0 Å². The van der Waals surface area contributed by atoms with Gasteiger partial charge in [-0.15, -0.1) is 11.8 Å². The van der Waals surface area contributed by atoms with Crippen LogP contribution in [0.2, 0.25) is 0 Å². The summed E-state index contributed by atoms with van der Waals surface area (Å²) in [5, 5.41) is 4.41. The van der Waals surface area contributed by atoms with Gasteiger partial charge in [-0.2, -0.15) is 0 Å². The zero-order valence-electron chi connectivity index (χ0n) is 10.7. The van der Waals surface area contributed by atoms with Crippen molar-refractivity contribution >= 4 is 34.5 Å². The van der Waals surface area contributed by atoms with Gasteiger partial charge in [0.1, 0.15) is 0 Å². The molecule has 0 aliphatic heterocycles. The molecule has 0 atom stereocenters. The van der Waals surface area contributed by atoms with Crippen molar-refractivity contribution in [3.05, 3.63) is 77.3 Å². The molecule has 0 spiro atoms. The van der Waals surface area contributed by atoms with Crippen LogP contribution in [0.15, 0.2) is 71.8 Å². The molecule has 0 heterocycles. The standard InChI is InChI=1S/C16H15NS2/c1-19-16(17-14-10-6-3-7-11-14)12-15(18)13-8-4-2-5-9-13/h2-12,17H,1H3. The maximum absolute atomic E-state index is 5.45. The van der Waals surface area contributed by atoms with Crippen LogP contribution in [0.4, 0.5) is 5.69 Å². The fraction of sp³-hybridized carbons (Fsp3) is 0.0625. The van der Waals surface area contributed by atoms with E-state index >= 15 is 0 Å². The highest BCUT2D eigenvalue weighted by atomic mass is 32.2. The Labute approximate surface area is 123 Å². The molecule has 0 aliphatic carbocycles. The number of thiocarbonyl (C=S) groups is 1. The molecule has 0 amide bonds. The van der Waals surface area contributed by atoms with E-state index in [9.17, 15) is 0 Å². The number of thioether (sulfide) groups is 1. The average Bonchev–Trinajstić information content (AvgIpc) is 2.48. The topological polar surface area (TPSA) is 12.0 Å². The Hall–Kier alpha value is -1.58. The molecule has 96 valence electrons. The first-order valence-electron chi connectivity index (χ1n) is 5.97. The monoisotopic (exact) mass is 285 g/mol. The van der Waals surface area contributed by atoms with Gasteiger partial charge in [0.05, 0.1) is 5.03 Å². The van der Waals surface area contributed by atoms with Gasteiger partial charge in [0.2, 0.25) is 0 Å². The Balaban J connectivity index is 2.13. The number of allylic oxidation sites excluding steroid dienone is 1. The predicted octanol–water partition coefficient (Wildman–Crippen LogP) is 4.72. The zero-order valence-corrected chi connectivity index (χ0v) is 12.3. The molecule has 0 radical (unpaired) electrons. The maximum Gasteiger partial charge on any atom is 0.0737 e. The lowest BCUT2D eigenvalue weighted by molar-refractivity contribution is 1.56. The van der Waals surface area contributed by atoms with Gasteiger partial charge < -0.3 is 5.32 Å². The van der Waals surface area contributed by atoms with E-state index in [4.69, 9.17) is 12.2 Å². The molecule has 2 aromatic carbocycles. The minimum Gasteiger partial charge on any atom is -0.350 e. The van der Waals surface area contributed by atoms with E-state index < -0.39 is 0 Å². The van der Waals surface area contributed by atoms with Crippen LogP contribution in [0, 0.1) is 0 Å². The van der Waals surface area contributed by atoms with Gasteiger partial charge in [-0.1, -0.05) is 60.7 Å². The summed E-state index contributed by atoms with van der Waals surface area (Å²) in [6.45, 7) is 0. The third-order valence-electron chi connectivity index (χ3n) is 2.58. The van der Waals surface area contributed by atoms with Crippen molar-refractivity contribution in [1.82, 2.24) is 0 Å². The molecular formula is C16H15NS2. The predicted molar refractivity (Wildman–Crippen MR) is 89.8 cm³/mol. The molecule has 1 N–H and O–H groups in total. The Morgan fingerprint density at radius 3 is 2.16 bits per heavy atom. The summed E-state index contributed by atoms with van der Waals surface area (Å²) in [4.78, 5) is 0.841. The smallest absolute Gasteiger partial charge is 0.0737 e. The highest BCUT2D eigenvalue weighted by Crippen LogP contribution is 2.18. The van der Waals surface area contributed by atoms with Crippen LogP contribution in [0.25, 0.3) is 0 Å². The van der Waals surface area contributed by atoms with Gasteiger partial charge in [0, 0.05) is 10.6 Å². The fourth-order valence-corrected chi connectivity index (χ4v) is 2.40. The number of benzene rings is 2. The summed E-state index contributed by atoms with van der Waals surface area (Å²) in [7, 11) is 0. The highest BCUT2D eigenvalue weighted by Gasteiger charge is 2.01. The molecule has 0 aromatic heterocycles. The first kappa shape index (κ1) is 13.8. The second-order valence-corrected chi connectivity index (χ2v) is 5.22. The zero-order chi connectivity index (χ0) is 13.5. The number of para-hydroxylation sites is 1. The lowest BCUT2D eigenvalue weighted by Crippen LogP contribution is -2.00. The van der Waals surface area contributed by atoms with Crippen LogP contribution in [0.5, 0.6) is 0 Å². The number of hydrogen-bond donors (Lipinski definition) is 1. The summed E-state index contributed by atoms with van der Waals surface area (Å²) in [5.41, 5.74) is 2.14. The first-order chi connectivity index (χ1) is 9.29. The fourth-order valence-electron chi connectivity index (χ4n) is 1.61. The number of hydrogen-bond acceptors (Lipinski definition) is 3. The van der Waals surface area contributed by atoms with E-state index in [0.717, 1.165) is 21.1 Å². The van der Waals surface area contributed by atoms with Crippen molar-refractivity contribution < 1.29 is 0 Å². The lowest BCUT2D eigenvalue weighted by Gasteiger charge is -2.09. The van der Waals surface area contributed by atoms with Crippen molar-refractivity contribution in [3.63, 3.8) is 0 Å². The van der Waals surface area contributed by atoms with Crippen molar-refractivity contribution in [2.24, 2.45) is 0 Å². The van der Waals surface area contributed by atoms with E-state index in [0.29, 0.717) is 0 Å². The molecule has 2 rings (SSSR count). The van der Waals surface area contributed by atoms with Crippen molar-refractivity contribution in [2.75, 3.05) is 11.6 Å².